The fraction of sp³-hybridized carbons (Fsp3) is 0.562. The average molecular weight is 227 g/mol. The highest BCUT2D eigenvalue weighted by atomic mass is 14.3. The van der Waals surface area contributed by atoms with Crippen molar-refractivity contribution in [1.82, 2.24) is 0 Å². The zero-order valence-electron chi connectivity index (χ0n) is 10.8. The van der Waals surface area contributed by atoms with E-state index in [1.54, 1.807) is 0 Å². The van der Waals surface area contributed by atoms with Crippen LogP contribution in [0.15, 0.2) is 24.3 Å². The fourth-order valence-electron chi connectivity index (χ4n) is 2.95. The van der Waals surface area contributed by atoms with E-state index in [1.807, 2.05) is 12.1 Å². The van der Waals surface area contributed by atoms with Crippen LogP contribution in [-0.4, -0.2) is 0 Å². The predicted octanol–water partition coefficient (Wildman–Crippen LogP) is 4.49. The summed E-state index contributed by atoms with van der Waals surface area (Å²) in [6.07, 6.45) is 5.36. The molecule has 0 amide bonds. The van der Waals surface area contributed by atoms with Crippen LogP contribution in [0.2, 0.25) is 0 Å². The summed E-state index contributed by atoms with van der Waals surface area (Å²) in [4.78, 5) is 0. The first-order valence-corrected chi connectivity index (χ1v) is 6.70. The lowest BCUT2D eigenvalue weighted by molar-refractivity contribution is 0.259. The second kappa shape index (κ2) is 5.36. The zero-order valence-corrected chi connectivity index (χ0v) is 10.8. The van der Waals surface area contributed by atoms with E-state index in [-0.39, 0.29) is 0 Å². The summed E-state index contributed by atoms with van der Waals surface area (Å²) in [5, 5.41) is 8.78. The lowest BCUT2D eigenvalue weighted by atomic mass is 9.75. The number of rotatable bonds is 2. The maximum absolute atomic E-state index is 8.78. The van der Waals surface area contributed by atoms with Crippen molar-refractivity contribution in [3.05, 3.63) is 35.4 Å². The molecule has 1 aliphatic carbocycles. The van der Waals surface area contributed by atoms with Crippen molar-refractivity contribution >= 4 is 0 Å². The second-order valence-corrected chi connectivity index (χ2v) is 5.59. The molecule has 1 fully saturated rings. The molecule has 1 aromatic carbocycles. The van der Waals surface area contributed by atoms with Gasteiger partial charge in [-0.05, 0) is 61.1 Å². The molecular weight excluding hydrogens is 206 g/mol. The molecule has 17 heavy (non-hydrogen) atoms. The molecule has 0 N–H and O–H groups in total. The van der Waals surface area contributed by atoms with Crippen LogP contribution in [0.4, 0.5) is 0 Å². The Morgan fingerprint density at radius 2 is 1.65 bits per heavy atom. The summed E-state index contributed by atoms with van der Waals surface area (Å²) in [5.41, 5.74) is 2.19. The van der Waals surface area contributed by atoms with Gasteiger partial charge in [0.15, 0.2) is 0 Å². The minimum Gasteiger partial charge on any atom is -0.192 e. The highest BCUT2D eigenvalue weighted by Gasteiger charge is 2.23. The number of hydrogen-bond donors (Lipinski definition) is 0. The standard InChI is InChI=1S/C16H21N/c1-12(2)14-7-9-16(10-8-14)15-5-3-13(11-17)4-6-15/h3-6,12,14,16H,7-10H2,1-2H3. The first-order chi connectivity index (χ1) is 8.20. The zero-order chi connectivity index (χ0) is 12.3. The minimum atomic E-state index is 0.720. The van der Waals surface area contributed by atoms with Gasteiger partial charge in [-0.25, -0.2) is 0 Å². The Morgan fingerprint density at radius 3 is 2.12 bits per heavy atom. The Balaban J connectivity index is 1.98. The largest absolute Gasteiger partial charge is 0.192 e. The van der Waals surface area contributed by atoms with Crippen LogP contribution in [0.1, 0.15) is 56.6 Å². The van der Waals surface area contributed by atoms with Crippen molar-refractivity contribution < 1.29 is 0 Å². The summed E-state index contributed by atoms with van der Waals surface area (Å²) in [5.74, 6) is 2.47. The quantitative estimate of drug-likeness (QED) is 0.730. The Morgan fingerprint density at radius 1 is 1.06 bits per heavy atom. The van der Waals surface area contributed by atoms with E-state index < -0.39 is 0 Å². The molecule has 0 spiro atoms. The molecule has 90 valence electrons. The van der Waals surface area contributed by atoms with Crippen molar-refractivity contribution in [3.8, 4) is 6.07 Å². The van der Waals surface area contributed by atoms with Gasteiger partial charge in [0.1, 0.15) is 0 Å². The molecule has 1 aliphatic rings. The average Bonchev–Trinajstić information content (AvgIpc) is 2.39. The molecule has 0 heterocycles. The predicted molar refractivity (Wildman–Crippen MR) is 70.7 cm³/mol. The van der Waals surface area contributed by atoms with Gasteiger partial charge in [0.2, 0.25) is 0 Å². The summed E-state index contributed by atoms with van der Waals surface area (Å²) >= 11 is 0. The van der Waals surface area contributed by atoms with Gasteiger partial charge < -0.3 is 0 Å². The Bertz CT molecular complexity index is 389. The van der Waals surface area contributed by atoms with Crippen LogP contribution in [0.5, 0.6) is 0 Å². The molecule has 0 saturated heterocycles. The molecule has 1 aromatic rings. The maximum Gasteiger partial charge on any atom is 0.0991 e. The van der Waals surface area contributed by atoms with Crippen LogP contribution < -0.4 is 0 Å². The third kappa shape index (κ3) is 2.88. The second-order valence-electron chi connectivity index (χ2n) is 5.59. The van der Waals surface area contributed by atoms with Crippen LogP contribution in [0.3, 0.4) is 0 Å². The van der Waals surface area contributed by atoms with Crippen LogP contribution >= 0.6 is 0 Å². The van der Waals surface area contributed by atoms with E-state index in [0.717, 1.165) is 23.3 Å². The number of nitrogens with zero attached hydrogens (tertiary/aromatic N) is 1. The van der Waals surface area contributed by atoms with Gasteiger partial charge >= 0.3 is 0 Å². The first kappa shape index (κ1) is 12.2. The third-order valence-corrected chi connectivity index (χ3v) is 4.23. The molecule has 2 rings (SSSR count). The highest BCUT2D eigenvalue weighted by Crippen LogP contribution is 2.38. The van der Waals surface area contributed by atoms with Gasteiger partial charge in [-0.1, -0.05) is 26.0 Å². The van der Waals surface area contributed by atoms with Gasteiger partial charge in [-0.15, -0.1) is 0 Å². The minimum absolute atomic E-state index is 0.720. The Hall–Kier alpha value is -1.29. The van der Waals surface area contributed by atoms with E-state index in [1.165, 1.54) is 31.2 Å². The van der Waals surface area contributed by atoms with E-state index in [0.29, 0.717) is 0 Å². The highest BCUT2D eigenvalue weighted by molar-refractivity contribution is 5.33. The van der Waals surface area contributed by atoms with E-state index >= 15 is 0 Å². The van der Waals surface area contributed by atoms with Crippen molar-refractivity contribution in [1.29, 1.82) is 5.26 Å². The Labute approximate surface area is 104 Å². The molecule has 0 radical (unpaired) electrons. The Kier molecular flexibility index (Phi) is 3.84. The fourth-order valence-corrected chi connectivity index (χ4v) is 2.95. The molecule has 1 saturated carbocycles. The lowest BCUT2D eigenvalue weighted by Crippen LogP contribution is -2.17. The molecule has 1 heteroatoms. The van der Waals surface area contributed by atoms with Crippen molar-refractivity contribution in [3.63, 3.8) is 0 Å². The van der Waals surface area contributed by atoms with Gasteiger partial charge in [0, 0.05) is 0 Å². The summed E-state index contributed by atoms with van der Waals surface area (Å²) in [6.45, 7) is 4.68. The molecule has 1 nitrogen and oxygen atoms in total. The summed E-state index contributed by atoms with van der Waals surface area (Å²) in [7, 11) is 0. The van der Waals surface area contributed by atoms with E-state index in [2.05, 4.69) is 32.0 Å². The summed E-state index contributed by atoms with van der Waals surface area (Å²) in [6, 6.07) is 10.4. The molecule has 0 atom stereocenters. The van der Waals surface area contributed by atoms with E-state index in [9.17, 15) is 0 Å². The normalized spacial score (nSPS) is 24.6. The van der Waals surface area contributed by atoms with Gasteiger partial charge in [-0.2, -0.15) is 5.26 Å². The summed E-state index contributed by atoms with van der Waals surface area (Å²) < 4.78 is 0. The number of benzene rings is 1. The third-order valence-electron chi connectivity index (χ3n) is 4.23. The first-order valence-electron chi connectivity index (χ1n) is 6.70. The lowest BCUT2D eigenvalue weighted by Gasteiger charge is -2.31. The van der Waals surface area contributed by atoms with E-state index in [4.69, 9.17) is 5.26 Å². The molecule has 0 aromatic heterocycles. The van der Waals surface area contributed by atoms with Gasteiger partial charge in [-0.3, -0.25) is 0 Å². The molecular formula is C16H21N. The van der Waals surface area contributed by atoms with Crippen LogP contribution in [0.25, 0.3) is 0 Å². The monoisotopic (exact) mass is 227 g/mol. The smallest absolute Gasteiger partial charge is 0.0991 e. The molecule has 0 unspecified atom stereocenters. The van der Waals surface area contributed by atoms with Crippen molar-refractivity contribution in [2.75, 3.05) is 0 Å². The topological polar surface area (TPSA) is 23.8 Å². The van der Waals surface area contributed by atoms with Crippen molar-refractivity contribution in [2.45, 2.75) is 45.4 Å². The van der Waals surface area contributed by atoms with Gasteiger partial charge in [0.25, 0.3) is 0 Å². The molecule has 0 bridgehead atoms. The molecule has 0 aliphatic heterocycles. The maximum atomic E-state index is 8.78. The van der Waals surface area contributed by atoms with Crippen LogP contribution in [0, 0.1) is 23.2 Å². The number of hydrogen-bond acceptors (Lipinski definition) is 1. The SMILES string of the molecule is CC(C)C1CCC(c2ccc(C#N)cc2)CC1. The van der Waals surface area contributed by atoms with Crippen molar-refractivity contribution in [2.24, 2.45) is 11.8 Å². The number of nitriles is 1. The van der Waals surface area contributed by atoms with Gasteiger partial charge in [0.05, 0.1) is 11.6 Å². The van der Waals surface area contributed by atoms with Crippen LogP contribution in [-0.2, 0) is 0 Å².